The Morgan fingerprint density at radius 2 is 1.59 bits per heavy atom. The molecule has 0 atom stereocenters. The van der Waals surface area contributed by atoms with Crippen molar-refractivity contribution in [1.82, 2.24) is 0 Å². The van der Waals surface area contributed by atoms with Crippen LogP contribution in [0.4, 0.5) is 0 Å². The first kappa shape index (κ1) is 23.9. The molecule has 0 N–H and O–H groups in total. The molecule has 0 bridgehead atoms. The van der Waals surface area contributed by atoms with Gasteiger partial charge in [0.1, 0.15) is 12.4 Å². The molecule has 0 aromatic heterocycles. The number of hydrogen-bond acceptors (Lipinski definition) is 3. The highest BCUT2D eigenvalue weighted by molar-refractivity contribution is 6.74. The van der Waals surface area contributed by atoms with Crippen molar-refractivity contribution in [1.29, 1.82) is 0 Å². The van der Waals surface area contributed by atoms with Crippen LogP contribution in [-0.2, 0) is 22.4 Å². The average molecular weight is 435 g/mol. The van der Waals surface area contributed by atoms with Crippen LogP contribution in [0.2, 0.25) is 23.2 Å². The van der Waals surface area contributed by atoms with Gasteiger partial charge in [-0.15, -0.1) is 0 Å². The van der Waals surface area contributed by atoms with Crippen molar-refractivity contribution in [3.63, 3.8) is 0 Å². The van der Waals surface area contributed by atoms with Crippen molar-refractivity contribution in [3.8, 4) is 5.75 Å². The molecule has 160 valence electrons. The van der Waals surface area contributed by atoms with Crippen LogP contribution in [0, 0.1) is 0 Å². The smallest absolute Gasteiger partial charge is 0.192 e. The lowest BCUT2D eigenvalue weighted by Crippen LogP contribution is -2.40. The van der Waals surface area contributed by atoms with Gasteiger partial charge in [-0.25, -0.2) is 0 Å². The quantitative estimate of drug-likeness (QED) is 0.389. The third kappa shape index (κ3) is 7.45. The fourth-order valence-electron chi connectivity index (χ4n) is 2.39. The van der Waals surface area contributed by atoms with Crippen LogP contribution in [0.3, 0.4) is 0 Å². The molecule has 0 aliphatic rings. The second kappa shape index (κ2) is 9.65. The van der Waals surface area contributed by atoms with Crippen LogP contribution in [0.15, 0.2) is 48.5 Å². The third-order valence-electron chi connectivity index (χ3n) is 5.47. The zero-order valence-electron chi connectivity index (χ0n) is 18.8. The molecular formula is C24H35ClO3Si. The van der Waals surface area contributed by atoms with Crippen LogP contribution in [-0.4, -0.2) is 20.5 Å². The first-order valence-electron chi connectivity index (χ1n) is 10.1. The maximum absolute atomic E-state index is 6.33. The third-order valence-corrected chi connectivity index (χ3v) is 10.3. The second-order valence-corrected chi connectivity index (χ2v) is 14.8. The molecule has 0 spiro atoms. The lowest BCUT2D eigenvalue weighted by molar-refractivity contribution is -0.0569. The Morgan fingerprint density at radius 3 is 2.24 bits per heavy atom. The highest BCUT2D eigenvalue weighted by Crippen LogP contribution is 2.37. The number of benzene rings is 2. The van der Waals surface area contributed by atoms with Crippen LogP contribution < -0.4 is 4.74 Å². The first-order valence-corrected chi connectivity index (χ1v) is 13.4. The van der Waals surface area contributed by atoms with Crippen molar-refractivity contribution in [3.05, 3.63) is 64.7 Å². The van der Waals surface area contributed by atoms with Crippen molar-refractivity contribution in [2.75, 3.05) is 6.61 Å². The van der Waals surface area contributed by atoms with Gasteiger partial charge in [-0.2, -0.15) is 0 Å². The Kier molecular flexibility index (Phi) is 7.97. The molecular weight excluding hydrogens is 400 g/mol. The molecule has 2 aromatic rings. The molecule has 0 aliphatic carbocycles. The molecule has 0 radical (unpaired) electrons. The largest absolute Gasteiger partial charge is 0.491 e. The summed E-state index contributed by atoms with van der Waals surface area (Å²) >= 11 is 6.21. The summed E-state index contributed by atoms with van der Waals surface area (Å²) in [5.41, 5.74) is 1.67. The maximum atomic E-state index is 6.33. The minimum Gasteiger partial charge on any atom is -0.491 e. The average Bonchev–Trinajstić information content (AvgIpc) is 2.64. The summed E-state index contributed by atoms with van der Waals surface area (Å²) in [7, 11) is -1.77. The van der Waals surface area contributed by atoms with Gasteiger partial charge in [0.05, 0.1) is 18.8 Å². The number of rotatable bonds is 9. The SMILES string of the molecule is CC(C)(COc1cccc(CO[Si](C)(C)C(C)(C)C)c1)OCc1ccccc1Cl. The predicted octanol–water partition coefficient (Wildman–Crippen LogP) is 7.24. The van der Waals surface area contributed by atoms with Crippen molar-refractivity contribution < 1.29 is 13.9 Å². The van der Waals surface area contributed by atoms with E-state index in [-0.39, 0.29) is 5.04 Å². The fraction of sp³-hybridized carbons (Fsp3) is 0.500. The van der Waals surface area contributed by atoms with E-state index in [1.165, 1.54) is 0 Å². The van der Waals surface area contributed by atoms with Crippen LogP contribution in [0.25, 0.3) is 0 Å². The first-order chi connectivity index (χ1) is 13.4. The van der Waals surface area contributed by atoms with E-state index in [1.54, 1.807) is 0 Å². The summed E-state index contributed by atoms with van der Waals surface area (Å²) in [4.78, 5) is 0. The fourth-order valence-corrected chi connectivity index (χ4v) is 3.54. The van der Waals surface area contributed by atoms with Gasteiger partial charge < -0.3 is 13.9 Å². The van der Waals surface area contributed by atoms with Crippen LogP contribution in [0.1, 0.15) is 45.7 Å². The van der Waals surface area contributed by atoms with E-state index < -0.39 is 13.9 Å². The molecule has 0 heterocycles. The lowest BCUT2D eigenvalue weighted by atomic mass is 10.1. The van der Waals surface area contributed by atoms with E-state index in [0.29, 0.717) is 19.8 Å². The summed E-state index contributed by atoms with van der Waals surface area (Å²) < 4.78 is 18.4. The molecule has 0 unspecified atom stereocenters. The maximum Gasteiger partial charge on any atom is 0.192 e. The van der Waals surface area contributed by atoms with E-state index in [4.69, 9.17) is 25.5 Å². The summed E-state index contributed by atoms with van der Waals surface area (Å²) in [5, 5.41) is 0.920. The highest BCUT2D eigenvalue weighted by atomic mass is 35.5. The summed E-state index contributed by atoms with van der Waals surface area (Å²) in [5.74, 6) is 0.829. The van der Waals surface area contributed by atoms with E-state index in [2.05, 4.69) is 46.0 Å². The van der Waals surface area contributed by atoms with Gasteiger partial charge in [-0.3, -0.25) is 0 Å². The molecule has 0 fully saturated rings. The Balaban J connectivity index is 1.90. The van der Waals surface area contributed by atoms with E-state index in [1.807, 2.05) is 50.2 Å². The zero-order valence-corrected chi connectivity index (χ0v) is 20.6. The molecule has 3 nitrogen and oxygen atoms in total. The number of ether oxygens (including phenoxy) is 2. The topological polar surface area (TPSA) is 27.7 Å². The molecule has 2 aromatic carbocycles. The van der Waals surface area contributed by atoms with Crippen molar-refractivity contribution >= 4 is 19.9 Å². The summed E-state index contributed by atoms with van der Waals surface area (Å²) in [6.45, 7) is 16.9. The highest BCUT2D eigenvalue weighted by Gasteiger charge is 2.37. The van der Waals surface area contributed by atoms with E-state index >= 15 is 0 Å². The predicted molar refractivity (Wildman–Crippen MR) is 124 cm³/mol. The van der Waals surface area contributed by atoms with Gasteiger partial charge >= 0.3 is 0 Å². The van der Waals surface area contributed by atoms with Crippen LogP contribution in [0.5, 0.6) is 5.75 Å². The van der Waals surface area contributed by atoms with Gasteiger partial charge in [0.25, 0.3) is 0 Å². The normalized spacial score (nSPS) is 12.8. The minimum atomic E-state index is -1.77. The molecule has 5 heteroatoms. The van der Waals surface area contributed by atoms with E-state index in [0.717, 1.165) is 21.9 Å². The second-order valence-electron chi connectivity index (χ2n) is 9.62. The number of hydrogen-bond donors (Lipinski definition) is 0. The van der Waals surface area contributed by atoms with Crippen LogP contribution >= 0.6 is 11.6 Å². The van der Waals surface area contributed by atoms with Gasteiger partial charge in [0.15, 0.2) is 8.32 Å². The van der Waals surface area contributed by atoms with Crippen molar-refractivity contribution in [2.45, 2.75) is 71.6 Å². The van der Waals surface area contributed by atoms with Gasteiger partial charge in [-0.1, -0.05) is 62.7 Å². The summed E-state index contributed by atoms with van der Waals surface area (Å²) in [6.07, 6.45) is 0. The Labute approximate surface area is 182 Å². The lowest BCUT2D eigenvalue weighted by Gasteiger charge is -2.36. The molecule has 0 aliphatic heterocycles. The van der Waals surface area contributed by atoms with Gasteiger partial charge in [-0.05, 0) is 61.3 Å². The molecule has 2 rings (SSSR count). The molecule has 29 heavy (non-hydrogen) atoms. The minimum absolute atomic E-state index is 0.199. The molecule has 0 saturated heterocycles. The zero-order chi connectivity index (χ0) is 21.7. The van der Waals surface area contributed by atoms with Gasteiger partial charge in [0, 0.05) is 5.02 Å². The van der Waals surface area contributed by atoms with E-state index in [9.17, 15) is 0 Å². The van der Waals surface area contributed by atoms with Crippen molar-refractivity contribution in [2.24, 2.45) is 0 Å². The van der Waals surface area contributed by atoms with Gasteiger partial charge in [0.2, 0.25) is 0 Å². The monoisotopic (exact) mass is 434 g/mol. The molecule has 0 amide bonds. The molecule has 0 saturated carbocycles. The Hall–Kier alpha value is -1.33. The summed E-state index contributed by atoms with van der Waals surface area (Å²) in [6, 6.07) is 15.9. The standard InChI is InChI=1S/C24H35ClO3Si/c1-23(2,3)29(6,7)28-16-19-11-10-13-21(15-19)26-18-24(4,5)27-17-20-12-8-9-14-22(20)25/h8-15H,16-18H2,1-7H3. The Bertz CT molecular complexity index is 797. The Morgan fingerprint density at radius 1 is 0.897 bits per heavy atom. The number of halogens is 1.